The average molecular weight is 478 g/mol. The molecular weight excluding hydrogens is 449 g/mol. The number of carbonyl (C=O) groups excluding carboxylic acids is 2. The minimum Gasteiger partial charge on any atom is -0.467 e. The van der Waals surface area contributed by atoms with E-state index < -0.39 is 0 Å². The summed E-state index contributed by atoms with van der Waals surface area (Å²) < 4.78 is 5.43. The monoisotopic (exact) mass is 477 g/mol. The number of amides is 2. The first-order valence-corrected chi connectivity index (χ1v) is 12.0. The Morgan fingerprint density at radius 3 is 2.47 bits per heavy atom. The van der Waals surface area contributed by atoms with E-state index in [1.807, 2.05) is 24.1 Å². The maximum absolute atomic E-state index is 13.5. The van der Waals surface area contributed by atoms with Crippen LogP contribution in [0, 0.1) is 5.92 Å². The maximum atomic E-state index is 13.5. The Labute approximate surface area is 199 Å². The molecule has 2 aromatic rings. The Bertz CT molecular complexity index is 936. The molecule has 172 valence electrons. The van der Waals surface area contributed by atoms with Crippen molar-refractivity contribution in [3.05, 3.63) is 58.0 Å². The Balaban J connectivity index is 1.43. The van der Waals surface area contributed by atoms with Crippen molar-refractivity contribution in [1.29, 1.82) is 0 Å². The van der Waals surface area contributed by atoms with Gasteiger partial charge in [0.1, 0.15) is 5.76 Å². The number of carbonyl (C=O) groups is 2. The van der Waals surface area contributed by atoms with Gasteiger partial charge < -0.3 is 14.2 Å². The number of piperazine rings is 1. The number of benzene rings is 1. The fraction of sp³-hybridized carbons (Fsp3) is 0.500. The molecule has 1 saturated heterocycles. The lowest BCUT2D eigenvalue weighted by molar-refractivity contribution is -0.139. The van der Waals surface area contributed by atoms with Crippen LogP contribution in [-0.4, -0.2) is 65.8 Å². The van der Waals surface area contributed by atoms with E-state index in [2.05, 4.69) is 4.90 Å². The van der Waals surface area contributed by atoms with Gasteiger partial charge in [-0.25, -0.2) is 0 Å². The SMILES string of the molecule is CN(Cc1ccco1)C(=O)[C@H](C1CCCC1)N1CCN(C(=O)c2ccc(Cl)cc2Cl)CC1. The summed E-state index contributed by atoms with van der Waals surface area (Å²) in [7, 11) is 1.84. The van der Waals surface area contributed by atoms with Crippen LogP contribution in [0.4, 0.5) is 0 Å². The van der Waals surface area contributed by atoms with E-state index in [4.69, 9.17) is 27.6 Å². The Morgan fingerprint density at radius 2 is 1.84 bits per heavy atom. The van der Waals surface area contributed by atoms with Crippen LogP contribution in [0.15, 0.2) is 41.0 Å². The zero-order valence-corrected chi connectivity index (χ0v) is 19.8. The molecule has 0 bridgehead atoms. The lowest BCUT2D eigenvalue weighted by atomic mass is 9.94. The van der Waals surface area contributed by atoms with Crippen LogP contribution in [-0.2, 0) is 11.3 Å². The highest BCUT2D eigenvalue weighted by molar-refractivity contribution is 6.36. The summed E-state index contributed by atoms with van der Waals surface area (Å²) in [6, 6.07) is 8.52. The van der Waals surface area contributed by atoms with Gasteiger partial charge in [0, 0.05) is 38.2 Å². The number of likely N-dealkylation sites (N-methyl/N-ethyl adjacent to an activating group) is 1. The van der Waals surface area contributed by atoms with Gasteiger partial charge in [-0.15, -0.1) is 0 Å². The van der Waals surface area contributed by atoms with Crippen molar-refractivity contribution in [1.82, 2.24) is 14.7 Å². The van der Waals surface area contributed by atoms with Crippen molar-refractivity contribution < 1.29 is 14.0 Å². The molecule has 6 nitrogen and oxygen atoms in total. The predicted molar refractivity (Wildman–Crippen MR) is 125 cm³/mol. The Hall–Kier alpha value is -2.02. The molecule has 2 fully saturated rings. The van der Waals surface area contributed by atoms with Crippen molar-refractivity contribution in [2.75, 3.05) is 33.2 Å². The number of rotatable bonds is 6. The van der Waals surface area contributed by atoms with E-state index in [1.54, 1.807) is 29.4 Å². The van der Waals surface area contributed by atoms with E-state index in [-0.39, 0.29) is 17.9 Å². The summed E-state index contributed by atoms with van der Waals surface area (Å²) in [6.45, 7) is 2.92. The molecule has 8 heteroatoms. The largest absolute Gasteiger partial charge is 0.467 e. The maximum Gasteiger partial charge on any atom is 0.255 e. The summed E-state index contributed by atoms with van der Waals surface area (Å²) >= 11 is 12.2. The lowest BCUT2D eigenvalue weighted by Gasteiger charge is -2.42. The third kappa shape index (κ3) is 5.13. The molecule has 1 saturated carbocycles. The van der Waals surface area contributed by atoms with Crippen LogP contribution >= 0.6 is 23.2 Å². The molecule has 2 heterocycles. The van der Waals surface area contributed by atoms with Gasteiger partial charge in [0.2, 0.25) is 5.91 Å². The number of nitrogens with zero attached hydrogens (tertiary/aromatic N) is 3. The molecule has 0 radical (unpaired) electrons. The molecule has 1 aromatic heterocycles. The summed E-state index contributed by atoms with van der Waals surface area (Å²) in [5, 5.41) is 0.872. The van der Waals surface area contributed by atoms with Crippen LogP contribution in [0.1, 0.15) is 41.8 Å². The van der Waals surface area contributed by atoms with Gasteiger partial charge in [-0.1, -0.05) is 36.0 Å². The van der Waals surface area contributed by atoms with Crippen molar-refractivity contribution >= 4 is 35.0 Å². The molecule has 2 aliphatic rings. The number of hydrogen-bond donors (Lipinski definition) is 0. The zero-order chi connectivity index (χ0) is 22.7. The van der Waals surface area contributed by atoms with Crippen LogP contribution in [0.2, 0.25) is 10.0 Å². The van der Waals surface area contributed by atoms with Crippen LogP contribution in [0.3, 0.4) is 0 Å². The number of halogens is 2. The van der Waals surface area contributed by atoms with E-state index in [0.717, 1.165) is 18.6 Å². The quantitative estimate of drug-likeness (QED) is 0.611. The predicted octanol–water partition coefficient (Wildman–Crippen LogP) is 4.56. The highest BCUT2D eigenvalue weighted by Crippen LogP contribution is 2.32. The van der Waals surface area contributed by atoms with Crippen LogP contribution in [0.25, 0.3) is 0 Å². The first-order chi connectivity index (χ1) is 15.4. The Kier molecular flexibility index (Phi) is 7.44. The van der Waals surface area contributed by atoms with Gasteiger partial charge >= 0.3 is 0 Å². The molecule has 32 heavy (non-hydrogen) atoms. The Morgan fingerprint density at radius 1 is 1.12 bits per heavy atom. The fourth-order valence-corrected chi connectivity index (χ4v) is 5.39. The van der Waals surface area contributed by atoms with Crippen molar-refractivity contribution in [3.63, 3.8) is 0 Å². The minimum atomic E-state index is -0.158. The van der Waals surface area contributed by atoms with Crippen LogP contribution < -0.4 is 0 Å². The second-order valence-corrected chi connectivity index (χ2v) is 9.56. The molecule has 1 aliphatic carbocycles. The van der Waals surface area contributed by atoms with Gasteiger partial charge in [0.15, 0.2) is 0 Å². The lowest BCUT2D eigenvalue weighted by Crippen LogP contribution is -2.58. The zero-order valence-electron chi connectivity index (χ0n) is 18.3. The molecule has 0 unspecified atom stereocenters. The highest BCUT2D eigenvalue weighted by Gasteiger charge is 2.39. The first kappa shape index (κ1) is 23.1. The third-order valence-electron chi connectivity index (χ3n) is 6.61. The summed E-state index contributed by atoms with van der Waals surface area (Å²) in [5.74, 6) is 1.18. The van der Waals surface area contributed by atoms with E-state index in [0.29, 0.717) is 54.3 Å². The van der Waals surface area contributed by atoms with Gasteiger partial charge in [-0.05, 0) is 49.1 Å². The van der Waals surface area contributed by atoms with E-state index in [1.165, 1.54) is 12.8 Å². The molecule has 4 rings (SSSR count). The molecule has 0 N–H and O–H groups in total. The summed E-state index contributed by atoms with van der Waals surface area (Å²) in [4.78, 5) is 32.3. The highest BCUT2D eigenvalue weighted by atomic mass is 35.5. The van der Waals surface area contributed by atoms with Gasteiger partial charge in [-0.3, -0.25) is 14.5 Å². The summed E-state index contributed by atoms with van der Waals surface area (Å²) in [6.07, 6.45) is 6.12. The first-order valence-electron chi connectivity index (χ1n) is 11.2. The van der Waals surface area contributed by atoms with Gasteiger partial charge in [-0.2, -0.15) is 0 Å². The van der Waals surface area contributed by atoms with Gasteiger partial charge in [0.25, 0.3) is 5.91 Å². The standard InChI is InChI=1S/C24H29Cl2N3O3/c1-27(16-19-7-4-14-32-19)24(31)22(17-5-2-3-6-17)28-10-12-29(13-11-28)23(30)20-9-8-18(25)15-21(20)26/h4,7-9,14-15,17,22H,2-3,5-6,10-13,16H2,1H3/t22-/m0/s1. The summed E-state index contributed by atoms with van der Waals surface area (Å²) in [5.41, 5.74) is 0.464. The van der Waals surface area contributed by atoms with Gasteiger partial charge in [0.05, 0.1) is 29.4 Å². The van der Waals surface area contributed by atoms with Crippen molar-refractivity contribution in [2.24, 2.45) is 5.92 Å². The smallest absolute Gasteiger partial charge is 0.255 e. The average Bonchev–Trinajstić information content (AvgIpc) is 3.48. The minimum absolute atomic E-state index is 0.0926. The van der Waals surface area contributed by atoms with Crippen molar-refractivity contribution in [3.8, 4) is 0 Å². The molecule has 1 atom stereocenters. The second-order valence-electron chi connectivity index (χ2n) is 8.72. The number of furan rings is 1. The third-order valence-corrected chi connectivity index (χ3v) is 7.15. The second kappa shape index (κ2) is 10.3. The fourth-order valence-electron chi connectivity index (χ4n) is 4.91. The number of hydrogen-bond acceptors (Lipinski definition) is 4. The molecule has 0 spiro atoms. The molecule has 2 amide bonds. The molecular formula is C24H29Cl2N3O3. The van der Waals surface area contributed by atoms with Crippen LogP contribution in [0.5, 0.6) is 0 Å². The topological polar surface area (TPSA) is 57.0 Å². The normalized spacial score (nSPS) is 18.7. The molecule has 1 aliphatic heterocycles. The molecule has 1 aromatic carbocycles. The van der Waals surface area contributed by atoms with E-state index in [9.17, 15) is 9.59 Å². The van der Waals surface area contributed by atoms with E-state index >= 15 is 0 Å². The van der Waals surface area contributed by atoms with Crippen molar-refractivity contribution in [2.45, 2.75) is 38.3 Å².